The molecule has 0 aliphatic heterocycles. The first-order chi connectivity index (χ1) is 14.8. The van der Waals surface area contributed by atoms with Crippen LogP contribution in [0.4, 0.5) is 0 Å². The van der Waals surface area contributed by atoms with Crippen LogP contribution in [-0.4, -0.2) is 19.7 Å². The van der Waals surface area contributed by atoms with E-state index in [1.54, 1.807) is 24.2 Å². The first kappa shape index (κ1) is 18.6. The van der Waals surface area contributed by atoms with Gasteiger partial charge in [-0.3, -0.25) is 9.55 Å². The molecule has 0 saturated carbocycles. The highest BCUT2D eigenvalue weighted by atomic mass is 32.2. The highest BCUT2D eigenvalue weighted by molar-refractivity contribution is 7.98. The molecule has 2 aromatic heterocycles. The molecule has 5 rings (SSSR count). The fourth-order valence-corrected chi connectivity index (χ4v) is 4.42. The summed E-state index contributed by atoms with van der Waals surface area (Å²) >= 11 is 1.70. The number of aryl methyl sites for hydroxylation is 1. The average Bonchev–Trinajstić information content (AvgIpc) is 3.22. The van der Waals surface area contributed by atoms with E-state index in [4.69, 9.17) is 0 Å². The molecule has 0 N–H and O–H groups in total. The lowest BCUT2D eigenvalue weighted by Crippen LogP contribution is -2.00. The predicted molar refractivity (Wildman–Crippen MR) is 123 cm³/mol. The summed E-state index contributed by atoms with van der Waals surface area (Å²) in [6.07, 6.45) is 3.57. The first-order valence-electron chi connectivity index (χ1n) is 9.81. The highest BCUT2D eigenvalue weighted by Crippen LogP contribution is 2.30. The number of rotatable bonds is 5. The van der Waals surface area contributed by atoms with Crippen molar-refractivity contribution in [2.75, 3.05) is 0 Å². The molecule has 0 aliphatic carbocycles. The van der Waals surface area contributed by atoms with Crippen molar-refractivity contribution in [2.24, 2.45) is 0 Å². The summed E-state index contributed by atoms with van der Waals surface area (Å²) in [7, 11) is 0. The van der Waals surface area contributed by atoms with Crippen molar-refractivity contribution in [3.63, 3.8) is 0 Å². The van der Waals surface area contributed by atoms with Crippen LogP contribution in [0.25, 0.3) is 27.8 Å². The third-order valence-electron chi connectivity index (χ3n) is 5.01. The summed E-state index contributed by atoms with van der Waals surface area (Å²) in [4.78, 5) is 4.13. The summed E-state index contributed by atoms with van der Waals surface area (Å²) in [6.45, 7) is 2.10. The Hall–Kier alpha value is -3.44. The minimum Gasteiger partial charge on any atom is -0.270 e. The second kappa shape index (κ2) is 8.13. The standard InChI is InChI=1S/C25H20N4S/c1-18-5-4-8-23(15-18)29-24(21-11-13-26-14-12-21)27-28-25(29)30-17-19-9-10-20-6-2-3-7-22(20)16-19/h2-16H,17H2,1H3. The predicted octanol–water partition coefficient (Wildman–Crippen LogP) is 6.08. The number of fused-ring (bicyclic) bond motifs is 1. The zero-order chi connectivity index (χ0) is 20.3. The molecule has 0 unspecified atom stereocenters. The topological polar surface area (TPSA) is 43.6 Å². The Bertz CT molecular complexity index is 1310. The minimum atomic E-state index is 0.823. The van der Waals surface area contributed by atoms with Crippen molar-refractivity contribution in [3.05, 3.63) is 102 Å². The van der Waals surface area contributed by atoms with E-state index < -0.39 is 0 Å². The molecule has 0 aliphatic rings. The number of aromatic nitrogens is 4. The van der Waals surface area contributed by atoms with Gasteiger partial charge >= 0.3 is 0 Å². The molecule has 0 bridgehead atoms. The lowest BCUT2D eigenvalue weighted by Gasteiger charge is -2.11. The number of nitrogens with zero attached hydrogens (tertiary/aromatic N) is 4. The average molecular weight is 409 g/mol. The fourth-order valence-electron chi connectivity index (χ4n) is 3.53. The van der Waals surface area contributed by atoms with Gasteiger partial charge in [0.1, 0.15) is 0 Å². The Labute approximate surface area is 179 Å². The minimum absolute atomic E-state index is 0.823. The van der Waals surface area contributed by atoms with E-state index >= 15 is 0 Å². The Morgan fingerprint density at radius 2 is 1.63 bits per heavy atom. The van der Waals surface area contributed by atoms with Gasteiger partial charge in [0.25, 0.3) is 0 Å². The smallest absolute Gasteiger partial charge is 0.196 e. The largest absolute Gasteiger partial charge is 0.270 e. The molecule has 3 aromatic carbocycles. The van der Waals surface area contributed by atoms with Crippen LogP contribution >= 0.6 is 11.8 Å². The zero-order valence-corrected chi connectivity index (χ0v) is 17.4. The number of benzene rings is 3. The highest BCUT2D eigenvalue weighted by Gasteiger charge is 2.16. The van der Waals surface area contributed by atoms with E-state index in [9.17, 15) is 0 Å². The van der Waals surface area contributed by atoms with Crippen LogP contribution in [-0.2, 0) is 5.75 Å². The number of hydrogen-bond acceptors (Lipinski definition) is 4. The first-order valence-corrected chi connectivity index (χ1v) is 10.8. The van der Waals surface area contributed by atoms with Crippen LogP contribution in [0.1, 0.15) is 11.1 Å². The molecule has 0 atom stereocenters. The number of thioether (sulfide) groups is 1. The van der Waals surface area contributed by atoms with Gasteiger partial charge in [0.15, 0.2) is 11.0 Å². The van der Waals surface area contributed by atoms with Crippen LogP contribution in [0.2, 0.25) is 0 Å². The number of pyridine rings is 1. The molecular weight excluding hydrogens is 388 g/mol. The molecule has 0 fully saturated rings. The van der Waals surface area contributed by atoms with Gasteiger partial charge in [-0.05, 0) is 53.1 Å². The summed E-state index contributed by atoms with van der Waals surface area (Å²) in [6, 6.07) is 27.4. The van der Waals surface area contributed by atoms with Gasteiger partial charge in [-0.2, -0.15) is 0 Å². The molecule has 0 amide bonds. The molecule has 0 radical (unpaired) electrons. The second-order valence-electron chi connectivity index (χ2n) is 7.19. The van der Waals surface area contributed by atoms with Crippen molar-refractivity contribution in [1.82, 2.24) is 19.7 Å². The molecule has 2 heterocycles. The summed E-state index contributed by atoms with van der Waals surface area (Å²) in [5.41, 5.74) is 4.53. The van der Waals surface area contributed by atoms with Crippen molar-refractivity contribution in [2.45, 2.75) is 17.8 Å². The lowest BCUT2D eigenvalue weighted by molar-refractivity contribution is 0.885. The maximum Gasteiger partial charge on any atom is 0.196 e. The van der Waals surface area contributed by atoms with E-state index in [0.717, 1.165) is 28.0 Å². The Morgan fingerprint density at radius 1 is 0.800 bits per heavy atom. The molecule has 30 heavy (non-hydrogen) atoms. The van der Waals surface area contributed by atoms with Crippen LogP contribution in [0.5, 0.6) is 0 Å². The second-order valence-corrected chi connectivity index (χ2v) is 8.13. The van der Waals surface area contributed by atoms with Gasteiger partial charge in [-0.25, -0.2) is 0 Å². The van der Waals surface area contributed by atoms with Gasteiger partial charge in [0.2, 0.25) is 0 Å². The van der Waals surface area contributed by atoms with Crippen LogP contribution < -0.4 is 0 Å². The van der Waals surface area contributed by atoms with Crippen molar-refractivity contribution < 1.29 is 0 Å². The zero-order valence-electron chi connectivity index (χ0n) is 16.6. The molecule has 5 heteroatoms. The van der Waals surface area contributed by atoms with E-state index in [2.05, 4.69) is 93.4 Å². The van der Waals surface area contributed by atoms with Gasteiger partial charge in [0, 0.05) is 29.4 Å². The third kappa shape index (κ3) is 3.72. The molecule has 146 valence electrons. The van der Waals surface area contributed by atoms with E-state index in [0.29, 0.717) is 0 Å². The fraction of sp³-hybridized carbons (Fsp3) is 0.0800. The Morgan fingerprint density at radius 3 is 2.47 bits per heavy atom. The summed E-state index contributed by atoms with van der Waals surface area (Å²) in [5.74, 6) is 1.65. The van der Waals surface area contributed by atoms with Crippen molar-refractivity contribution in [1.29, 1.82) is 0 Å². The molecule has 0 saturated heterocycles. The van der Waals surface area contributed by atoms with Gasteiger partial charge in [0.05, 0.1) is 0 Å². The monoisotopic (exact) mass is 408 g/mol. The van der Waals surface area contributed by atoms with Crippen LogP contribution in [0.15, 0.2) is 96.4 Å². The molecular formula is C25H20N4S. The summed E-state index contributed by atoms with van der Waals surface area (Å²) < 4.78 is 2.13. The van der Waals surface area contributed by atoms with E-state index in [1.807, 2.05) is 12.1 Å². The third-order valence-corrected chi connectivity index (χ3v) is 6.01. The molecule has 0 spiro atoms. The van der Waals surface area contributed by atoms with Crippen molar-refractivity contribution >= 4 is 22.5 Å². The maximum absolute atomic E-state index is 4.53. The van der Waals surface area contributed by atoms with Crippen molar-refractivity contribution in [3.8, 4) is 17.1 Å². The normalized spacial score (nSPS) is 11.1. The SMILES string of the molecule is Cc1cccc(-n2c(SCc3ccc4ccccc4c3)nnc2-c2ccncc2)c1. The van der Waals surface area contributed by atoms with Gasteiger partial charge in [-0.15, -0.1) is 10.2 Å². The Kier molecular flexibility index (Phi) is 5.03. The van der Waals surface area contributed by atoms with Gasteiger partial charge < -0.3 is 0 Å². The Balaban J connectivity index is 1.52. The van der Waals surface area contributed by atoms with E-state index in [-0.39, 0.29) is 0 Å². The van der Waals surface area contributed by atoms with E-state index in [1.165, 1.54) is 21.9 Å². The van der Waals surface area contributed by atoms with Gasteiger partial charge in [-0.1, -0.05) is 66.4 Å². The van der Waals surface area contributed by atoms with Crippen LogP contribution in [0.3, 0.4) is 0 Å². The quantitative estimate of drug-likeness (QED) is 0.330. The summed E-state index contributed by atoms with van der Waals surface area (Å²) in [5, 5.41) is 12.4. The number of hydrogen-bond donors (Lipinski definition) is 0. The molecule has 4 nitrogen and oxygen atoms in total. The lowest BCUT2D eigenvalue weighted by atomic mass is 10.1. The maximum atomic E-state index is 4.53. The molecule has 5 aromatic rings. The van der Waals surface area contributed by atoms with Crippen LogP contribution in [0, 0.1) is 6.92 Å².